The molecule has 0 bridgehead atoms. The van der Waals surface area contributed by atoms with Gasteiger partial charge in [-0.05, 0) is 25.2 Å². The molecule has 1 aromatic carbocycles. The van der Waals surface area contributed by atoms with Crippen LogP contribution in [0, 0.1) is 0 Å². The van der Waals surface area contributed by atoms with Crippen LogP contribution in [0.25, 0.3) is 0 Å². The van der Waals surface area contributed by atoms with Crippen LogP contribution in [0.3, 0.4) is 0 Å². The molecule has 1 unspecified atom stereocenters. The lowest BCUT2D eigenvalue weighted by Gasteiger charge is -2.21. The first-order valence-electron chi connectivity index (χ1n) is 8.22. The van der Waals surface area contributed by atoms with Crippen molar-refractivity contribution in [3.63, 3.8) is 0 Å². The third-order valence-corrected chi connectivity index (χ3v) is 5.57. The van der Waals surface area contributed by atoms with Gasteiger partial charge in [0.05, 0.1) is 7.11 Å². The van der Waals surface area contributed by atoms with Gasteiger partial charge in [0.15, 0.2) is 0 Å². The molecule has 0 fully saturated rings. The van der Waals surface area contributed by atoms with Gasteiger partial charge in [-0.3, -0.25) is 0 Å². The predicted molar refractivity (Wildman–Crippen MR) is 102 cm³/mol. The van der Waals surface area contributed by atoms with Crippen LogP contribution < -0.4 is 14.8 Å². The molecular formula is C18H21N5O3S. The van der Waals surface area contributed by atoms with Crippen molar-refractivity contribution < 1.29 is 13.2 Å². The molecule has 0 aliphatic carbocycles. The first kappa shape index (κ1) is 18.9. The van der Waals surface area contributed by atoms with Gasteiger partial charge >= 0.3 is 0 Å². The van der Waals surface area contributed by atoms with Crippen LogP contribution in [0.15, 0.2) is 59.9 Å². The summed E-state index contributed by atoms with van der Waals surface area (Å²) in [5.74, 6) is 2.00. The van der Waals surface area contributed by atoms with Gasteiger partial charge < -0.3 is 14.6 Å². The molecule has 8 nitrogen and oxygen atoms in total. The molecule has 2 N–H and O–H groups in total. The van der Waals surface area contributed by atoms with Gasteiger partial charge in [0.2, 0.25) is 10.0 Å². The van der Waals surface area contributed by atoms with Crippen molar-refractivity contribution in [3.8, 4) is 5.75 Å². The van der Waals surface area contributed by atoms with Crippen molar-refractivity contribution in [2.45, 2.75) is 10.9 Å². The maximum atomic E-state index is 11.9. The Hall–Kier alpha value is -2.91. The van der Waals surface area contributed by atoms with Gasteiger partial charge in [0.1, 0.15) is 28.3 Å². The summed E-state index contributed by atoms with van der Waals surface area (Å²) in [6.45, 7) is 0. The van der Waals surface area contributed by atoms with E-state index >= 15 is 0 Å². The Bertz CT molecular complexity index is 1020. The SMILES string of the molecule is CNS(=O)(=O)c1ccc(NC(c2ccccc2OC)c2nccn2C)nc1. The molecule has 0 aliphatic heterocycles. The minimum absolute atomic E-state index is 0.0985. The van der Waals surface area contributed by atoms with Crippen molar-refractivity contribution in [2.75, 3.05) is 19.5 Å². The zero-order valence-corrected chi connectivity index (χ0v) is 16.1. The third kappa shape index (κ3) is 3.93. The van der Waals surface area contributed by atoms with Crippen LogP contribution >= 0.6 is 0 Å². The average molecular weight is 387 g/mol. The molecule has 2 aromatic heterocycles. The Kier molecular flexibility index (Phi) is 5.43. The minimum Gasteiger partial charge on any atom is -0.496 e. The lowest BCUT2D eigenvalue weighted by atomic mass is 10.0. The summed E-state index contributed by atoms with van der Waals surface area (Å²) in [4.78, 5) is 8.79. The number of nitrogens with one attached hydrogen (secondary N) is 2. The second-order valence-corrected chi connectivity index (χ2v) is 7.69. The summed E-state index contributed by atoms with van der Waals surface area (Å²) in [7, 11) is 1.35. The number of ether oxygens (including phenoxy) is 1. The fourth-order valence-electron chi connectivity index (χ4n) is 2.73. The molecule has 0 aliphatic rings. The Labute approximate surface area is 158 Å². The molecule has 142 valence electrons. The summed E-state index contributed by atoms with van der Waals surface area (Å²) in [6, 6.07) is 10.4. The van der Waals surface area contributed by atoms with Crippen molar-refractivity contribution in [2.24, 2.45) is 7.05 Å². The van der Waals surface area contributed by atoms with Gasteiger partial charge in [0, 0.05) is 31.2 Å². The highest BCUT2D eigenvalue weighted by atomic mass is 32.2. The normalized spacial score (nSPS) is 12.6. The molecule has 0 amide bonds. The Balaban J connectivity index is 1.99. The van der Waals surface area contributed by atoms with Crippen molar-refractivity contribution in [1.29, 1.82) is 0 Å². The van der Waals surface area contributed by atoms with Crippen LogP contribution in [-0.4, -0.2) is 37.1 Å². The first-order valence-corrected chi connectivity index (χ1v) is 9.71. The number of aromatic nitrogens is 3. The van der Waals surface area contributed by atoms with Crippen molar-refractivity contribution in [1.82, 2.24) is 19.3 Å². The minimum atomic E-state index is -3.53. The molecular weight excluding hydrogens is 366 g/mol. The maximum absolute atomic E-state index is 11.9. The number of rotatable bonds is 7. The lowest BCUT2D eigenvalue weighted by molar-refractivity contribution is 0.408. The zero-order chi connectivity index (χ0) is 19.4. The van der Waals surface area contributed by atoms with Gasteiger partial charge in [-0.15, -0.1) is 0 Å². The standard InChI is InChI=1S/C18H21N5O3S/c1-19-27(24,25)13-8-9-16(21-12-13)22-17(18-20-10-11-23(18)2)14-6-4-5-7-15(14)26-3/h4-12,17,19H,1-3H3,(H,21,22). The van der Waals surface area contributed by atoms with Gasteiger partial charge in [-0.1, -0.05) is 18.2 Å². The van der Waals surface area contributed by atoms with Gasteiger partial charge in [-0.2, -0.15) is 0 Å². The highest BCUT2D eigenvalue weighted by Gasteiger charge is 2.22. The van der Waals surface area contributed by atoms with Gasteiger partial charge in [0.25, 0.3) is 0 Å². The fraction of sp³-hybridized carbons (Fsp3) is 0.222. The molecule has 2 heterocycles. The molecule has 0 saturated carbocycles. The number of hydrogen-bond acceptors (Lipinski definition) is 6. The fourth-order valence-corrected chi connectivity index (χ4v) is 3.41. The number of anilines is 1. The van der Waals surface area contributed by atoms with E-state index in [9.17, 15) is 8.42 Å². The van der Waals surface area contributed by atoms with E-state index in [1.807, 2.05) is 42.1 Å². The number of imidazole rings is 1. The van der Waals surface area contributed by atoms with Crippen LogP contribution in [0.1, 0.15) is 17.4 Å². The summed E-state index contributed by atoms with van der Waals surface area (Å²) < 4.78 is 33.4. The Morgan fingerprint density at radius 2 is 1.93 bits per heavy atom. The maximum Gasteiger partial charge on any atom is 0.241 e. The van der Waals surface area contributed by atoms with Crippen LogP contribution in [0.5, 0.6) is 5.75 Å². The predicted octanol–water partition coefficient (Wildman–Crippen LogP) is 1.93. The second kappa shape index (κ2) is 7.77. The lowest BCUT2D eigenvalue weighted by Crippen LogP contribution is -2.20. The molecule has 3 rings (SSSR count). The zero-order valence-electron chi connectivity index (χ0n) is 15.2. The van der Waals surface area contributed by atoms with E-state index in [0.29, 0.717) is 11.6 Å². The second-order valence-electron chi connectivity index (χ2n) is 5.80. The van der Waals surface area contributed by atoms with E-state index in [0.717, 1.165) is 11.4 Å². The molecule has 0 radical (unpaired) electrons. The molecule has 0 spiro atoms. The Morgan fingerprint density at radius 3 is 2.52 bits per heavy atom. The number of aryl methyl sites for hydroxylation is 1. The summed E-state index contributed by atoms with van der Waals surface area (Å²) in [5.41, 5.74) is 0.892. The topological polar surface area (TPSA) is 98.1 Å². The molecule has 3 aromatic rings. The summed E-state index contributed by atoms with van der Waals surface area (Å²) >= 11 is 0. The average Bonchev–Trinajstić information content (AvgIpc) is 3.12. The summed E-state index contributed by atoms with van der Waals surface area (Å²) in [6.07, 6.45) is 4.89. The van der Waals surface area contributed by atoms with Crippen LogP contribution in [0.4, 0.5) is 5.82 Å². The summed E-state index contributed by atoms with van der Waals surface area (Å²) in [5, 5.41) is 3.32. The number of pyridine rings is 1. The van der Waals surface area contributed by atoms with E-state index in [1.165, 1.54) is 19.3 Å². The van der Waals surface area contributed by atoms with E-state index in [2.05, 4.69) is 20.0 Å². The number of nitrogens with zero attached hydrogens (tertiary/aromatic N) is 3. The molecule has 0 saturated heterocycles. The van der Waals surface area contributed by atoms with E-state index in [-0.39, 0.29) is 10.9 Å². The quantitative estimate of drug-likeness (QED) is 0.643. The van der Waals surface area contributed by atoms with E-state index < -0.39 is 10.0 Å². The number of para-hydroxylation sites is 1. The van der Waals surface area contributed by atoms with Crippen molar-refractivity contribution in [3.05, 3.63) is 66.4 Å². The van der Waals surface area contributed by atoms with Crippen LogP contribution in [-0.2, 0) is 17.1 Å². The Morgan fingerprint density at radius 1 is 1.15 bits per heavy atom. The number of sulfonamides is 1. The van der Waals surface area contributed by atoms with Crippen LogP contribution in [0.2, 0.25) is 0 Å². The van der Waals surface area contributed by atoms with E-state index in [4.69, 9.17) is 4.74 Å². The highest BCUT2D eigenvalue weighted by molar-refractivity contribution is 7.89. The van der Waals surface area contributed by atoms with Gasteiger partial charge in [-0.25, -0.2) is 23.1 Å². The monoisotopic (exact) mass is 387 g/mol. The molecule has 9 heteroatoms. The highest BCUT2D eigenvalue weighted by Crippen LogP contribution is 2.31. The smallest absolute Gasteiger partial charge is 0.241 e. The van der Waals surface area contributed by atoms with Crippen molar-refractivity contribution >= 4 is 15.8 Å². The largest absolute Gasteiger partial charge is 0.496 e. The number of hydrogen-bond donors (Lipinski definition) is 2. The van der Waals surface area contributed by atoms with E-state index in [1.54, 1.807) is 19.4 Å². The molecule has 1 atom stereocenters. The first-order chi connectivity index (χ1) is 13.0. The number of benzene rings is 1. The third-order valence-electron chi connectivity index (χ3n) is 4.17. The molecule has 27 heavy (non-hydrogen) atoms. The number of methoxy groups -OCH3 is 1.